The number of rotatable bonds is 3. The fourth-order valence-electron chi connectivity index (χ4n) is 4.60. The average Bonchev–Trinajstić information content (AvgIpc) is 2.77. The highest BCUT2D eigenvalue weighted by Gasteiger charge is 2.24. The minimum Gasteiger partial charge on any atom is -0.368 e. The second-order valence-electron chi connectivity index (χ2n) is 8.55. The largest absolute Gasteiger partial charge is 0.368 e. The molecule has 1 N–H and O–H groups in total. The summed E-state index contributed by atoms with van der Waals surface area (Å²) in [6.07, 6.45) is 6.08. The Kier molecular flexibility index (Phi) is 6.08. The molecule has 2 aromatic rings. The van der Waals surface area contributed by atoms with E-state index >= 15 is 0 Å². The molecule has 2 amide bonds. The van der Waals surface area contributed by atoms with Gasteiger partial charge in [-0.3, -0.25) is 0 Å². The van der Waals surface area contributed by atoms with E-state index < -0.39 is 0 Å². The molecule has 0 bridgehead atoms. The van der Waals surface area contributed by atoms with Crippen molar-refractivity contribution in [1.29, 1.82) is 0 Å². The lowest BCUT2D eigenvalue weighted by atomic mass is 9.96. The second-order valence-corrected chi connectivity index (χ2v) is 8.55. The summed E-state index contributed by atoms with van der Waals surface area (Å²) < 4.78 is 0. The number of urea groups is 1. The summed E-state index contributed by atoms with van der Waals surface area (Å²) in [5, 5.41) is 3.25. The van der Waals surface area contributed by atoms with Crippen LogP contribution >= 0.6 is 0 Å². The molecule has 154 valence electrons. The lowest BCUT2D eigenvalue weighted by Gasteiger charge is -2.37. The highest BCUT2D eigenvalue weighted by atomic mass is 16.2. The van der Waals surface area contributed by atoms with Crippen molar-refractivity contribution in [1.82, 2.24) is 10.2 Å². The molecule has 4 rings (SSSR count). The topological polar surface area (TPSA) is 35.6 Å². The predicted molar refractivity (Wildman–Crippen MR) is 121 cm³/mol. The zero-order valence-electron chi connectivity index (χ0n) is 17.8. The van der Waals surface area contributed by atoms with Gasteiger partial charge in [0.05, 0.1) is 0 Å². The molecule has 2 aromatic carbocycles. The standard InChI is InChI=1S/C25H33N3O/c1-19-7-6-10-24(20(19)2)21-11-13-23(14-12-21)27-15-17-28(18-16-27)25(29)26-22-8-4-3-5-9-22/h6-7,10-14,22H,3-5,8-9,15-18H2,1-2H3,(H,26,29). The van der Waals surface area contributed by atoms with E-state index in [0.717, 1.165) is 39.0 Å². The van der Waals surface area contributed by atoms with Gasteiger partial charge in [0.2, 0.25) is 0 Å². The van der Waals surface area contributed by atoms with Crippen molar-refractivity contribution in [2.24, 2.45) is 0 Å². The molecule has 0 radical (unpaired) electrons. The molecule has 2 fully saturated rings. The van der Waals surface area contributed by atoms with E-state index in [2.05, 4.69) is 66.5 Å². The fourth-order valence-corrected chi connectivity index (χ4v) is 4.60. The third kappa shape index (κ3) is 4.58. The van der Waals surface area contributed by atoms with Gasteiger partial charge in [-0.2, -0.15) is 0 Å². The van der Waals surface area contributed by atoms with Gasteiger partial charge in [0.1, 0.15) is 0 Å². The van der Waals surface area contributed by atoms with Crippen molar-refractivity contribution in [2.75, 3.05) is 31.1 Å². The zero-order chi connectivity index (χ0) is 20.2. The van der Waals surface area contributed by atoms with E-state index in [4.69, 9.17) is 0 Å². The lowest BCUT2D eigenvalue weighted by Crippen LogP contribution is -2.53. The van der Waals surface area contributed by atoms with Gasteiger partial charge in [0, 0.05) is 37.9 Å². The summed E-state index contributed by atoms with van der Waals surface area (Å²) in [5.41, 5.74) is 6.49. The minimum absolute atomic E-state index is 0.127. The van der Waals surface area contributed by atoms with Gasteiger partial charge in [-0.15, -0.1) is 0 Å². The summed E-state index contributed by atoms with van der Waals surface area (Å²) in [4.78, 5) is 16.9. The highest BCUT2D eigenvalue weighted by Crippen LogP contribution is 2.28. The van der Waals surface area contributed by atoms with Crippen LogP contribution < -0.4 is 10.2 Å². The van der Waals surface area contributed by atoms with Crippen LogP contribution in [0.25, 0.3) is 11.1 Å². The number of anilines is 1. The molecule has 1 aliphatic heterocycles. The number of amides is 2. The predicted octanol–water partition coefficient (Wildman–Crippen LogP) is 5.13. The molecule has 1 heterocycles. The first-order valence-corrected chi connectivity index (χ1v) is 11.1. The number of carbonyl (C=O) groups is 1. The third-order valence-electron chi connectivity index (χ3n) is 6.65. The SMILES string of the molecule is Cc1cccc(-c2ccc(N3CCN(C(=O)NC4CCCCC4)CC3)cc2)c1C. The average molecular weight is 392 g/mol. The number of nitrogens with zero attached hydrogens (tertiary/aromatic N) is 2. The van der Waals surface area contributed by atoms with Crippen LogP contribution in [0, 0.1) is 13.8 Å². The van der Waals surface area contributed by atoms with E-state index in [-0.39, 0.29) is 6.03 Å². The Labute approximate surface area is 174 Å². The molecular formula is C25H33N3O. The van der Waals surface area contributed by atoms with Crippen LogP contribution in [-0.4, -0.2) is 43.2 Å². The number of carbonyl (C=O) groups excluding carboxylic acids is 1. The van der Waals surface area contributed by atoms with Crippen LogP contribution in [-0.2, 0) is 0 Å². The van der Waals surface area contributed by atoms with Crippen LogP contribution in [0.4, 0.5) is 10.5 Å². The van der Waals surface area contributed by atoms with Crippen LogP contribution in [0.2, 0.25) is 0 Å². The summed E-state index contributed by atoms with van der Waals surface area (Å²) in [6.45, 7) is 7.71. The fraction of sp³-hybridized carbons (Fsp3) is 0.480. The molecule has 2 aliphatic rings. The molecular weight excluding hydrogens is 358 g/mol. The van der Waals surface area contributed by atoms with Crippen molar-refractivity contribution in [3.63, 3.8) is 0 Å². The van der Waals surface area contributed by atoms with Crippen molar-refractivity contribution >= 4 is 11.7 Å². The molecule has 1 saturated carbocycles. The molecule has 0 unspecified atom stereocenters. The summed E-state index contributed by atoms with van der Waals surface area (Å²) in [7, 11) is 0. The van der Waals surface area contributed by atoms with Gasteiger partial charge < -0.3 is 15.1 Å². The Morgan fingerprint density at radius 3 is 2.28 bits per heavy atom. The third-order valence-corrected chi connectivity index (χ3v) is 6.65. The van der Waals surface area contributed by atoms with E-state index in [1.54, 1.807) is 0 Å². The first kappa shape index (κ1) is 19.8. The Hall–Kier alpha value is -2.49. The Balaban J connectivity index is 1.34. The van der Waals surface area contributed by atoms with Crippen LogP contribution in [0.15, 0.2) is 42.5 Å². The molecule has 29 heavy (non-hydrogen) atoms. The number of nitrogens with one attached hydrogen (secondary N) is 1. The lowest BCUT2D eigenvalue weighted by molar-refractivity contribution is 0.186. The number of hydrogen-bond acceptors (Lipinski definition) is 2. The van der Waals surface area contributed by atoms with Gasteiger partial charge in [0.15, 0.2) is 0 Å². The quantitative estimate of drug-likeness (QED) is 0.787. The molecule has 4 nitrogen and oxygen atoms in total. The van der Waals surface area contributed by atoms with Gasteiger partial charge in [-0.25, -0.2) is 4.79 Å². The Morgan fingerprint density at radius 2 is 1.59 bits per heavy atom. The van der Waals surface area contributed by atoms with E-state index in [0.29, 0.717) is 6.04 Å². The van der Waals surface area contributed by atoms with Gasteiger partial charge >= 0.3 is 6.03 Å². The number of aryl methyl sites for hydroxylation is 1. The van der Waals surface area contributed by atoms with Gasteiger partial charge in [-0.05, 0) is 61.1 Å². The van der Waals surface area contributed by atoms with Crippen molar-refractivity contribution in [3.8, 4) is 11.1 Å². The summed E-state index contributed by atoms with van der Waals surface area (Å²) in [6, 6.07) is 15.9. The maximum atomic E-state index is 12.6. The Bertz CT molecular complexity index is 832. The van der Waals surface area contributed by atoms with Crippen molar-refractivity contribution in [2.45, 2.75) is 52.0 Å². The smallest absolute Gasteiger partial charge is 0.317 e. The molecule has 4 heteroatoms. The monoisotopic (exact) mass is 391 g/mol. The number of benzene rings is 2. The van der Waals surface area contributed by atoms with Crippen LogP contribution in [0.5, 0.6) is 0 Å². The summed E-state index contributed by atoms with van der Waals surface area (Å²) >= 11 is 0. The first-order valence-electron chi connectivity index (χ1n) is 11.1. The van der Waals surface area contributed by atoms with Gasteiger partial charge in [0.25, 0.3) is 0 Å². The molecule has 0 spiro atoms. The number of piperazine rings is 1. The van der Waals surface area contributed by atoms with Crippen molar-refractivity contribution in [3.05, 3.63) is 53.6 Å². The van der Waals surface area contributed by atoms with Crippen LogP contribution in [0.3, 0.4) is 0 Å². The highest BCUT2D eigenvalue weighted by molar-refractivity contribution is 5.75. The summed E-state index contributed by atoms with van der Waals surface area (Å²) in [5.74, 6) is 0. The van der Waals surface area contributed by atoms with Gasteiger partial charge in [-0.1, -0.05) is 49.6 Å². The van der Waals surface area contributed by atoms with E-state index in [1.165, 1.54) is 47.2 Å². The molecule has 0 aromatic heterocycles. The maximum absolute atomic E-state index is 12.6. The van der Waals surface area contributed by atoms with Crippen LogP contribution in [0.1, 0.15) is 43.2 Å². The van der Waals surface area contributed by atoms with Crippen molar-refractivity contribution < 1.29 is 4.79 Å². The normalized spacial score (nSPS) is 18.0. The first-order chi connectivity index (χ1) is 14.1. The second kappa shape index (κ2) is 8.89. The molecule has 1 aliphatic carbocycles. The van der Waals surface area contributed by atoms with E-state index in [9.17, 15) is 4.79 Å². The number of hydrogen-bond donors (Lipinski definition) is 1. The zero-order valence-corrected chi connectivity index (χ0v) is 17.8. The molecule has 1 saturated heterocycles. The maximum Gasteiger partial charge on any atom is 0.317 e. The van der Waals surface area contributed by atoms with E-state index in [1.807, 2.05) is 4.90 Å². The molecule has 0 atom stereocenters. The Morgan fingerprint density at radius 1 is 0.897 bits per heavy atom. The minimum atomic E-state index is 0.127.